The third-order valence-electron chi connectivity index (χ3n) is 5.48. The number of ether oxygens (including phenoxy) is 1. The SMILES string of the molecule is O=C(O)c1cc2c(s1)C1(CCN(C(=O)CCc3ccncc3)CC1)OCC2. The van der Waals surface area contributed by atoms with Crippen LogP contribution < -0.4 is 0 Å². The van der Waals surface area contributed by atoms with E-state index in [9.17, 15) is 14.7 Å². The van der Waals surface area contributed by atoms with E-state index in [-0.39, 0.29) is 5.91 Å². The van der Waals surface area contributed by atoms with E-state index in [0.29, 0.717) is 31.0 Å². The molecule has 0 saturated carbocycles. The summed E-state index contributed by atoms with van der Waals surface area (Å²) >= 11 is 1.33. The molecular weight excluding hydrogens is 364 g/mol. The van der Waals surface area contributed by atoms with Crippen LogP contribution in [0.2, 0.25) is 0 Å². The Bertz CT molecular complexity index is 841. The van der Waals surface area contributed by atoms with Crippen molar-refractivity contribution in [2.75, 3.05) is 19.7 Å². The number of aromatic carboxylic acids is 1. The van der Waals surface area contributed by atoms with Crippen molar-refractivity contribution in [3.05, 3.63) is 51.5 Å². The molecule has 0 radical (unpaired) electrons. The van der Waals surface area contributed by atoms with Crippen LogP contribution in [0, 0.1) is 0 Å². The Morgan fingerprint density at radius 3 is 2.70 bits per heavy atom. The molecule has 2 aromatic heterocycles. The first-order valence-corrected chi connectivity index (χ1v) is 10.1. The first-order valence-electron chi connectivity index (χ1n) is 9.24. The summed E-state index contributed by atoms with van der Waals surface area (Å²) in [5, 5.41) is 9.30. The average molecular weight is 386 g/mol. The highest BCUT2D eigenvalue weighted by atomic mass is 32.1. The number of pyridine rings is 1. The zero-order valence-corrected chi connectivity index (χ0v) is 15.8. The first kappa shape index (κ1) is 18.1. The molecule has 1 spiro atoms. The predicted molar refractivity (Wildman–Crippen MR) is 101 cm³/mol. The second kappa shape index (κ2) is 7.40. The van der Waals surface area contributed by atoms with Crippen LogP contribution in [0.15, 0.2) is 30.6 Å². The standard InChI is InChI=1S/C20H22N2O4S/c23-17(2-1-14-3-8-21-9-4-14)22-10-6-20(7-11-22)18-15(5-12-26-20)13-16(27-18)19(24)25/h3-4,8-9,13H,1-2,5-7,10-12H2,(H,24,25). The van der Waals surface area contributed by atoms with Gasteiger partial charge in [0.2, 0.25) is 5.91 Å². The number of rotatable bonds is 4. The van der Waals surface area contributed by atoms with Crippen molar-refractivity contribution in [1.29, 1.82) is 0 Å². The molecule has 0 unspecified atom stereocenters. The molecule has 0 atom stereocenters. The number of nitrogens with zero attached hydrogens (tertiary/aromatic N) is 2. The van der Waals surface area contributed by atoms with Crippen LogP contribution in [0.5, 0.6) is 0 Å². The fourth-order valence-corrected chi connectivity index (χ4v) is 5.22. The van der Waals surface area contributed by atoms with E-state index in [4.69, 9.17) is 4.74 Å². The van der Waals surface area contributed by atoms with Gasteiger partial charge in [0.1, 0.15) is 10.5 Å². The highest BCUT2D eigenvalue weighted by Gasteiger charge is 2.43. The highest BCUT2D eigenvalue weighted by molar-refractivity contribution is 7.14. The van der Waals surface area contributed by atoms with E-state index in [2.05, 4.69) is 4.98 Å². The molecule has 27 heavy (non-hydrogen) atoms. The Balaban J connectivity index is 1.40. The number of carboxylic acids is 1. The van der Waals surface area contributed by atoms with E-state index < -0.39 is 11.6 Å². The number of hydrogen-bond donors (Lipinski definition) is 1. The first-order chi connectivity index (χ1) is 13.1. The van der Waals surface area contributed by atoms with Gasteiger partial charge in [-0.2, -0.15) is 0 Å². The van der Waals surface area contributed by atoms with Crippen LogP contribution in [-0.4, -0.2) is 46.6 Å². The van der Waals surface area contributed by atoms with Crippen LogP contribution in [-0.2, 0) is 28.0 Å². The van der Waals surface area contributed by atoms with Gasteiger partial charge in [0.05, 0.1) is 6.61 Å². The van der Waals surface area contributed by atoms with E-state index in [1.807, 2.05) is 17.0 Å². The van der Waals surface area contributed by atoms with Crippen molar-refractivity contribution >= 4 is 23.2 Å². The Labute approximate surface area is 161 Å². The number of carbonyl (C=O) groups is 2. The Morgan fingerprint density at radius 1 is 1.26 bits per heavy atom. The molecular formula is C20H22N2O4S. The van der Waals surface area contributed by atoms with E-state index in [1.54, 1.807) is 18.5 Å². The van der Waals surface area contributed by atoms with Crippen LogP contribution in [0.1, 0.15) is 44.9 Å². The minimum Gasteiger partial charge on any atom is -0.477 e. The van der Waals surface area contributed by atoms with Gasteiger partial charge in [0, 0.05) is 36.8 Å². The molecule has 4 rings (SSSR count). The fraction of sp³-hybridized carbons (Fsp3) is 0.450. The second-order valence-electron chi connectivity index (χ2n) is 7.10. The number of aryl methyl sites for hydroxylation is 1. The lowest BCUT2D eigenvalue weighted by Crippen LogP contribution is -2.47. The average Bonchev–Trinajstić information content (AvgIpc) is 3.14. The van der Waals surface area contributed by atoms with Gasteiger partial charge in [-0.3, -0.25) is 9.78 Å². The summed E-state index contributed by atoms with van der Waals surface area (Å²) in [7, 11) is 0. The summed E-state index contributed by atoms with van der Waals surface area (Å²) in [5.74, 6) is -0.719. The lowest BCUT2D eigenvalue weighted by atomic mass is 9.85. The zero-order chi connectivity index (χ0) is 18.9. The number of fused-ring (bicyclic) bond motifs is 2. The van der Waals surface area contributed by atoms with Crippen molar-refractivity contribution in [2.24, 2.45) is 0 Å². The minimum absolute atomic E-state index is 0.162. The van der Waals surface area contributed by atoms with Gasteiger partial charge in [-0.1, -0.05) is 0 Å². The summed E-state index contributed by atoms with van der Waals surface area (Å²) in [4.78, 5) is 31.2. The fourth-order valence-electron chi connectivity index (χ4n) is 3.97. The maximum atomic E-state index is 12.6. The Hall–Kier alpha value is -2.25. The molecule has 2 aliphatic heterocycles. The molecule has 7 heteroatoms. The number of amides is 1. The van der Waals surface area contributed by atoms with Crippen molar-refractivity contribution in [2.45, 2.75) is 37.7 Å². The van der Waals surface area contributed by atoms with E-state index >= 15 is 0 Å². The molecule has 4 heterocycles. The molecule has 1 amide bonds. The van der Waals surface area contributed by atoms with Crippen molar-refractivity contribution in [1.82, 2.24) is 9.88 Å². The monoisotopic (exact) mass is 386 g/mol. The number of aromatic nitrogens is 1. The molecule has 0 aromatic carbocycles. The Morgan fingerprint density at radius 2 is 2.00 bits per heavy atom. The summed E-state index contributed by atoms with van der Waals surface area (Å²) < 4.78 is 6.16. The lowest BCUT2D eigenvalue weighted by molar-refractivity contribution is -0.140. The quantitative estimate of drug-likeness (QED) is 0.874. The number of carbonyl (C=O) groups excluding carboxylic acids is 1. The van der Waals surface area contributed by atoms with Gasteiger partial charge in [0.15, 0.2) is 0 Å². The smallest absolute Gasteiger partial charge is 0.345 e. The van der Waals surface area contributed by atoms with Crippen molar-refractivity contribution in [3.8, 4) is 0 Å². The third kappa shape index (κ3) is 3.61. The molecule has 1 N–H and O–H groups in total. The summed E-state index contributed by atoms with van der Waals surface area (Å²) in [6.45, 7) is 1.91. The number of piperidine rings is 1. The number of thiophene rings is 1. The summed E-state index contributed by atoms with van der Waals surface area (Å²) in [5.41, 5.74) is 1.79. The maximum Gasteiger partial charge on any atom is 0.345 e. The normalized spacial score (nSPS) is 18.3. The predicted octanol–water partition coefficient (Wildman–Crippen LogP) is 2.86. The molecule has 142 valence electrons. The van der Waals surface area contributed by atoms with Crippen molar-refractivity contribution < 1.29 is 19.4 Å². The van der Waals surface area contributed by atoms with Gasteiger partial charge in [-0.25, -0.2) is 4.79 Å². The highest BCUT2D eigenvalue weighted by Crippen LogP contribution is 2.45. The number of likely N-dealkylation sites (tertiary alicyclic amines) is 1. The van der Waals surface area contributed by atoms with Gasteiger partial charge in [0.25, 0.3) is 0 Å². The molecule has 1 saturated heterocycles. The van der Waals surface area contributed by atoms with Gasteiger partial charge in [-0.05, 0) is 55.0 Å². The van der Waals surface area contributed by atoms with Crippen LogP contribution in [0.25, 0.3) is 0 Å². The molecule has 1 fully saturated rings. The van der Waals surface area contributed by atoms with Crippen LogP contribution >= 0.6 is 11.3 Å². The topological polar surface area (TPSA) is 79.7 Å². The maximum absolute atomic E-state index is 12.6. The van der Waals surface area contributed by atoms with Gasteiger partial charge < -0.3 is 14.7 Å². The zero-order valence-electron chi connectivity index (χ0n) is 15.0. The number of carboxylic acid groups (broad SMARTS) is 1. The molecule has 0 bridgehead atoms. The number of hydrogen-bond acceptors (Lipinski definition) is 5. The molecule has 0 aliphatic carbocycles. The van der Waals surface area contributed by atoms with E-state index in [1.165, 1.54) is 11.3 Å². The second-order valence-corrected chi connectivity index (χ2v) is 8.15. The third-order valence-corrected chi connectivity index (χ3v) is 6.83. The minimum atomic E-state index is -0.881. The van der Waals surface area contributed by atoms with Crippen LogP contribution in [0.3, 0.4) is 0 Å². The molecule has 2 aliphatic rings. The lowest BCUT2D eigenvalue weighted by Gasteiger charge is -2.43. The summed E-state index contributed by atoms with van der Waals surface area (Å²) in [6.07, 6.45) is 6.90. The van der Waals surface area contributed by atoms with Gasteiger partial charge in [-0.15, -0.1) is 11.3 Å². The molecule has 2 aromatic rings. The van der Waals surface area contributed by atoms with Crippen molar-refractivity contribution in [3.63, 3.8) is 0 Å². The van der Waals surface area contributed by atoms with Gasteiger partial charge >= 0.3 is 5.97 Å². The molecule has 6 nitrogen and oxygen atoms in total. The Kier molecular flexibility index (Phi) is 4.97. The van der Waals surface area contributed by atoms with E-state index in [0.717, 1.165) is 41.7 Å². The summed E-state index contributed by atoms with van der Waals surface area (Å²) in [6, 6.07) is 5.66. The largest absolute Gasteiger partial charge is 0.477 e. The van der Waals surface area contributed by atoms with Crippen LogP contribution in [0.4, 0.5) is 0 Å².